The number of benzene rings is 1. The Morgan fingerprint density at radius 2 is 1.95 bits per heavy atom. The predicted molar refractivity (Wildman–Crippen MR) is 88.3 cm³/mol. The number of ether oxygens (including phenoxy) is 1. The van der Waals surface area contributed by atoms with Gasteiger partial charge in [0.25, 0.3) is 0 Å². The first-order chi connectivity index (χ1) is 10.7. The molecule has 1 aromatic carbocycles. The van der Waals surface area contributed by atoms with Crippen molar-refractivity contribution in [2.75, 3.05) is 0 Å². The third-order valence-electron chi connectivity index (χ3n) is 2.95. The van der Waals surface area contributed by atoms with Crippen LogP contribution in [0.2, 0.25) is 0 Å². The van der Waals surface area contributed by atoms with Gasteiger partial charge in [-0.2, -0.15) is 0 Å². The molecule has 0 N–H and O–H groups in total. The van der Waals surface area contributed by atoms with E-state index in [4.69, 9.17) is 4.74 Å². The molecular weight excluding hydrogens is 344 g/mol. The molecule has 0 fully saturated rings. The SMILES string of the molecule is O=C(/C=C/c1ccncc1)Oc1cnc2ccc(Br)cc2c1. The summed E-state index contributed by atoms with van der Waals surface area (Å²) in [6, 6.07) is 11.1. The van der Waals surface area contributed by atoms with E-state index in [2.05, 4.69) is 25.9 Å². The standard InChI is InChI=1S/C17H11BrN2O2/c18-14-2-3-16-13(9-14)10-15(11-20-16)22-17(21)4-1-12-5-7-19-8-6-12/h1-11H/b4-1+. The van der Waals surface area contributed by atoms with Crippen LogP contribution in [0.25, 0.3) is 17.0 Å². The van der Waals surface area contributed by atoms with E-state index in [1.807, 2.05) is 18.2 Å². The summed E-state index contributed by atoms with van der Waals surface area (Å²) in [7, 11) is 0. The van der Waals surface area contributed by atoms with Gasteiger partial charge in [0.2, 0.25) is 0 Å². The Bertz CT molecular complexity index is 848. The quantitative estimate of drug-likeness (QED) is 0.526. The molecule has 0 spiro atoms. The molecule has 0 radical (unpaired) electrons. The minimum absolute atomic E-state index is 0.412. The molecule has 0 amide bonds. The van der Waals surface area contributed by atoms with Crippen LogP contribution in [0.1, 0.15) is 5.56 Å². The largest absolute Gasteiger partial charge is 0.422 e. The molecule has 22 heavy (non-hydrogen) atoms. The molecule has 3 aromatic rings. The number of hydrogen-bond donors (Lipinski definition) is 0. The Labute approximate surface area is 135 Å². The lowest BCUT2D eigenvalue weighted by molar-refractivity contribution is -0.128. The van der Waals surface area contributed by atoms with Crippen LogP contribution < -0.4 is 4.74 Å². The first-order valence-electron chi connectivity index (χ1n) is 6.56. The molecule has 0 saturated carbocycles. The van der Waals surface area contributed by atoms with Crippen LogP contribution in [0, 0.1) is 0 Å². The highest BCUT2D eigenvalue weighted by Gasteiger charge is 2.03. The van der Waals surface area contributed by atoms with Crippen molar-refractivity contribution in [1.82, 2.24) is 9.97 Å². The molecule has 0 unspecified atom stereocenters. The Balaban J connectivity index is 1.75. The number of nitrogens with zero attached hydrogens (tertiary/aromatic N) is 2. The smallest absolute Gasteiger partial charge is 0.336 e. The zero-order valence-electron chi connectivity index (χ0n) is 11.4. The number of fused-ring (bicyclic) bond motifs is 1. The monoisotopic (exact) mass is 354 g/mol. The van der Waals surface area contributed by atoms with Gasteiger partial charge in [0.05, 0.1) is 11.7 Å². The number of esters is 1. The van der Waals surface area contributed by atoms with E-state index in [0.29, 0.717) is 5.75 Å². The van der Waals surface area contributed by atoms with E-state index in [9.17, 15) is 4.79 Å². The fourth-order valence-corrected chi connectivity index (χ4v) is 2.31. The van der Waals surface area contributed by atoms with Crippen molar-refractivity contribution >= 4 is 38.9 Å². The van der Waals surface area contributed by atoms with Crippen LogP contribution in [0.3, 0.4) is 0 Å². The highest BCUT2D eigenvalue weighted by Crippen LogP contribution is 2.22. The third kappa shape index (κ3) is 3.56. The molecular formula is C17H11BrN2O2. The normalized spacial score (nSPS) is 11.0. The summed E-state index contributed by atoms with van der Waals surface area (Å²) in [5.41, 5.74) is 1.72. The van der Waals surface area contributed by atoms with Gasteiger partial charge in [-0.15, -0.1) is 0 Å². The van der Waals surface area contributed by atoms with E-state index in [1.54, 1.807) is 36.7 Å². The average molecular weight is 355 g/mol. The van der Waals surface area contributed by atoms with Crippen molar-refractivity contribution in [3.8, 4) is 5.75 Å². The molecule has 3 rings (SSSR count). The maximum Gasteiger partial charge on any atom is 0.336 e. The number of pyridine rings is 2. The summed E-state index contributed by atoms with van der Waals surface area (Å²) < 4.78 is 6.21. The van der Waals surface area contributed by atoms with Crippen LogP contribution >= 0.6 is 15.9 Å². The zero-order chi connectivity index (χ0) is 15.4. The minimum atomic E-state index is -0.451. The van der Waals surface area contributed by atoms with Crippen LogP contribution in [0.15, 0.2) is 65.5 Å². The highest BCUT2D eigenvalue weighted by atomic mass is 79.9. The first kappa shape index (κ1) is 14.4. The van der Waals surface area contributed by atoms with E-state index in [1.165, 1.54) is 12.3 Å². The molecule has 0 saturated heterocycles. The summed E-state index contributed by atoms with van der Waals surface area (Å²) in [6.07, 6.45) is 7.91. The Morgan fingerprint density at radius 3 is 2.77 bits per heavy atom. The van der Waals surface area contributed by atoms with Crippen LogP contribution in [0.5, 0.6) is 5.75 Å². The topological polar surface area (TPSA) is 52.1 Å². The van der Waals surface area contributed by atoms with Gasteiger partial charge in [0.15, 0.2) is 0 Å². The molecule has 4 nitrogen and oxygen atoms in total. The van der Waals surface area contributed by atoms with Gasteiger partial charge in [-0.25, -0.2) is 4.79 Å². The average Bonchev–Trinajstić information content (AvgIpc) is 2.53. The van der Waals surface area contributed by atoms with Gasteiger partial charge < -0.3 is 4.74 Å². The molecule has 0 aliphatic heterocycles. The highest BCUT2D eigenvalue weighted by molar-refractivity contribution is 9.10. The maximum absolute atomic E-state index is 11.8. The molecule has 108 valence electrons. The van der Waals surface area contributed by atoms with Crippen molar-refractivity contribution in [3.63, 3.8) is 0 Å². The lowest BCUT2D eigenvalue weighted by Gasteiger charge is -2.03. The Hall–Kier alpha value is -2.53. The maximum atomic E-state index is 11.8. The summed E-state index contributed by atoms with van der Waals surface area (Å²) in [5.74, 6) is -0.0389. The summed E-state index contributed by atoms with van der Waals surface area (Å²) in [4.78, 5) is 20.0. The zero-order valence-corrected chi connectivity index (χ0v) is 13.0. The van der Waals surface area contributed by atoms with Crippen molar-refractivity contribution in [2.45, 2.75) is 0 Å². The number of hydrogen-bond acceptors (Lipinski definition) is 4. The van der Waals surface area contributed by atoms with E-state index < -0.39 is 5.97 Å². The predicted octanol–water partition coefficient (Wildman–Crippen LogP) is 4.01. The van der Waals surface area contributed by atoms with Gasteiger partial charge in [0.1, 0.15) is 5.75 Å². The second-order valence-electron chi connectivity index (χ2n) is 4.54. The van der Waals surface area contributed by atoms with Crippen LogP contribution in [-0.4, -0.2) is 15.9 Å². The van der Waals surface area contributed by atoms with Crippen molar-refractivity contribution in [1.29, 1.82) is 0 Å². The van der Waals surface area contributed by atoms with E-state index in [0.717, 1.165) is 20.9 Å². The second-order valence-corrected chi connectivity index (χ2v) is 5.46. The van der Waals surface area contributed by atoms with Crippen molar-refractivity contribution < 1.29 is 9.53 Å². The van der Waals surface area contributed by atoms with Gasteiger partial charge in [-0.3, -0.25) is 9.97 Å². The fourth-order valence-electron chi connectivity index (χ4n) is 1.93. The molecule has 2 heterocycles. The van der Waals surface area contributed by atoms with Gasteiger partial charge >= 0.3 is 5.97 Å². The number of aromatic nitrogens is 2. The lowest BCUT2D eigenvalue weighted by Crippen LogP contribution is -2.03. The Morgan fingerprint density at radius 1 is 1.14 bits per heavy atom. The molecule has 2 aromatic heterocycles. The summed E-state index contributed by atoms with van der Waals surface area (Å²) in [5, 5.41) is 0.901. The molecule has 5 heteroatoms. The number of halogens is 1. The number of carbonyl (C=O) groups excluding carboxylic acids is 1. The lowest BCUT2D eigenvalue weighted by atomic mass is 10.2. The Kier molecular flexibility index (Phi) is 4.25. The van der Waals surface area contributed by atoms with Crippen molar-refractivity contribution in [2.24, 2.45) is 0 Å². The summed E-state index contributed by atoms with van der Waals surface area (Å²) in [6.45, 7) is 0. The number of rotatable bonds is 3. The number of carbonyl (C=O) groups is 1. The summed E-state index contributed by atoms with van der Waals surface area (Å²) >= 11 is 3.41. The molecule has 0 bridgehead atoms. The van der Waals surface area contributed by atoms with Gasteiger partial charge in [-0.1, -0.05) is 15.9 Å². The van der Waals surface area contributed by atoms with E-state index >= 15 is 0 Å². The molecule has 0 atom stereocenters. The van der Waals surface area contributed by atoms with Crippen molar-refractivity contribution in [3.05, 3.63) is 71.1 Å². The van der Waals surface area contributed by atoms with Crippen LogP contribution in [0.4, 0.5) is 0 Å². The third-order valence-corrected chi connectivity index (χ3v) is 3.45. The van der Waals surface area contributed by atoms with Gasteiger partial charge in [0, 0.05) is 28.3 Å². The fraction of sp³-hybridized carbons (Fsp3) is 0. The second kappa shape index (κ2) is 6.49. The minimum Gasteiger partial charge on any atom is -0.422 e. The van der Waals surface area contributed by atoms with Crippen LogP contribution in [-0.2, 0) is 4.79 Å². The molecule has 0 aliphatic rings. The molecule has 0 aliphatic carbocycles. The van der Waals surface area contributed by atoms with Gasteiger partial charge in [-0.05, 0) is 48.0 Å². The first-order valence-corrected chi connectivity index (χ1v) is 7.35. The van der Waals surface area contributed by atoms with E-state index in [-0.39, 0.29) is 0 Å².